The molecule has 0 radical (unpaired) electrons. The predicted molar refractivity (Wildman–Crippen MR) is 89.4 cm³/mol. The van der Waals surface area contributed by atoms with E-state index in [0.717, 1.165) is 19.3 Å². The lowest BCUT2D eigenvalue weighted by Gasteiger charge is -2.29. The van der Waals surface area contributed by atoms with Gasteiger partial charge in [-0.25, -0.2) is 4.79 Å². The summed E-state index contributed by atoms with van der Waals surface area (Å²) in [7, 11) is 0. The summed E-state index contributed by atoms with van der Waals surface area (Å²) in [6.07, 6.45) is 5.88. The summed E-state index contributed by atoms with van der Waals surface area (Å²) in [6, 6.07) is 1.32. The average Bonchev–Trinajstić information content (AvgIpc) is 3.20. The van der Waals surface area contributed by atoms with Gasteiger partial charge in [-0.15, -0.1) is 0 Å². The highest BCUT2D eigenvalue weighted by Gasteiger charge is 2.34. The number of aromatic carboxylic acids is 1. The van der Waals surface area contributed by atoms with Crippen molar-refractivity contribution in [2.75, 3.05) is 19.8 Å². The van der Waals surface area contributed by atoms with E-state index in [1.54, 1.807) is 6.92 Å². The van der Waals surface area contributed by atoms with E-state index in [2.05, 4.69) is 5.32 Å². The Bertz CT molecular complexity index is 572. The maximum Gasteiger partial charge on any atom is 0.339 e. The minimum atomic E-state index is -1.07. The van der Waals surface area contributed by atoms with Gasteiger partial charge in [0.25, 0.3) is 5.91 Å². The Balaban J connectivity index is 1.99. The highest BCUT2D eigenvalue weighted by molar-refractivity contribution is 5.96. The van der Waals surface area contributed by atoms with E-state index in [9.17, 15) is 9.59 Å². The topological polar surface area (TPSA) is 88.8 Å². The number of ether oxygens (including phenoxy) is 1. The molecule has 0 atom stereocenters. The summed E-state index contributed by atoms with van der Waals surface area (Å²) in [6.45, 7) is 5.76. The summed E-state index contributed by atoms with van der Waals surface area (Å²) in [5.41, 5.74) is 0.148. The van der Waals surface area contributed by atoms with Gasteiger partial charge in [-0.05, 0) is 31.6 Å². The van der Waals surface area contributed by atoms with Gasteiger partial charge in [0.2, 0.25) is 0 Å². The van der Waals surface area contributed by atoms with Crippen LogP contribution in [0.4, 0.5) is 0 Å². The third-order valence-electron chi connectivity index (χ3n) is 4.85. The van der Waals surface area contributed by atoms with Crippen LogP contribution >= 0.6 is 0 Å². The zero-order chi connectivity index (χ0) is 17.6. The lowest BCUT2D eigenvalue weighted by atomic mass is 9.83. The van der Waals surface area contributed by atoms with Crippen molar-refractivity contribution >= 4 is 11.9 Å². The molecule has 2 N–H and O–H groups in total. The normalized spacial score (nSPS) is 16.2. The van der Waals surface area contributed by atoms with Crippen LogP contribution in [0.15, 0.2) is 10.5 Å². The van der Waals surface area contributed by atoms with Gasteiger partial charge in [-0.3, -0.25) is 4.79 Å². The number of carbonyl (C=O) groups excluding carboxylic acids is 1. The molecule has 1 heterocycles. The van der Waals surface area contributed by atoms with Gasteiger partial charge < -0.3 is 19.6 Å². The molecule has 1 fully saturated rings. The zero-order valence-corrected chi connectivity index (χ0v) is 14.5. The van der Waals surface area contributed by atoms with Gasteiger partial charge in [0, 0.05) is 32.2 Å². The van der Waals surface area contributed by atoms with Gasteiger partial charge in [0.15, 0.2) is 5.76 Å². The Hall–Kier alpha value is -1.82. The molecule has 24 heavy (non-hydrogen) atoms. The highest BCUT2D eigenvalue weighted by Crippen LogP contribution is 2.40. The van der Waals surface area contributed by atoms with Crippen LogP contribution in [0.3, 0.4) is 0 Å². The van der Waals surface area contributed by atoms with Gasteiger partial charge in [-0.1, -0.05) is 19.8 Å². The molecule has 1 saturated carbocycles. The fourth-order valence-electron chi connectivity index (χ4n) is 3.41. The SMILES string of the molecule is CCOCCC1(CNC(=O)c2cc(C(=O)O)c(CC)o2)CCCC1. The molecule has 0 spiro atoms. The van der Waals surface area contributed by atoms with Crippen LogP contribution in [-0.2, 0) is 11.2 Å². The second-order valence-electron chi connectivity index (χ2n) is 6.44. The molecule has 1 aromatic rings. The van der Waals surface area contributed by atoms with E-state index in [1.807, 2.05) is 6.92 Å². The Morgan fingerprint density at radius 1 is 1.33 bits per heavy atom. The zero-order valence-electron chi connectivity index (χ0n) is 14.5. The van der Waals surface area contributed by atoms with E-state index in [1.165, 1.54) is 18.9 Å². The monoisotopic (exact) mass is 337 g/mol. The molecule has 0 aromatic carbocycles. The summed E-state index contributed by atoms with van der Waals surface area (Å²) in [5, 5.41) is 12.1. The molecule has 134 valence electrons. The molecule has 0 unspecified atom stereocenters. The molecule has 1 aliphatic rings. The average molecular weight is 337 g/mol. The Kier molecular flexibility index (Phi) is 6.43. The van der Waals surface area contributed by atoms with E-state index >= 15 is 0 Å². The molecular weight excluding hydrogens is 310 g/mol. The number of amides is 1. The molecule has 1 amide bonds. The first-order valence-corrected chi connectivity index (χ1v) is 8.73. The van der Waals surface area contributed by atoms with E-state index in [4.69, 9.17) is 14.3 Å². The molecule has 6 nitrogen and oxygen atoms in total. The van der Waals surface area contributed by atoms with Crippen LogP contribution in [0.1, 0.15) is 72.6 Å². The summed E-state index contributed by atoms with van der Waals surface area (Å²) in [4.78, 5) is 23.5. The van der Waals surface area contributed by atoms with Crippen molar-refractivity contribution in [1.29, 1.82) is 0 Å². The van der Waals surface area contributed by atoms with Gasteiger partial charge in [0.05, 0.1) is 0 Å². The molecular formula is C18H27NO5. The molecule has 1 aromatic heterocycles. The molecule has 0 saturated heterocycles. The van der Waals surface area contributed by atoms with Crippen molar-refractivity contribution < 1.29 is 23.8 Å². The third-order valence-corrected chi connectivity index (χ3v) is 4.85. The first-order valence-electron chi connectivity index (χ1n) is 8.73. The molecule has 2 rings (SSSR count). The first-order chi connectivity index (χ1) is 11.5. The quantitative estimate of drug-likeness (QED) is 0.675. The lowest BCUT2D eigenvalue weighted by Crippen LogP contribution is -2.36. The number of hydrogen-bond acceptors (Lipinski definition) is 4. The number of carboxylic acid groups (broad SMARTS) is 1. The van der Waals surface area contributed by atoms with Crippen molar-refractivity contribution in [3.05, 3.63) is 23.2 Å². The highest BCUT2D eigenvalue weighted by atomic mass is 16.5. The Morgan fingerprint density at radius 3 is 2.58 bits per heavy atom. The standard InChI is InChI=1S/C18H27NO5/c1-3-14-13(17(21)22)11-15(24-14)16(20)19-12-18(7-5-6-8-18)9-10-23-4-2/h11H,3-10,12H2,1-2H3,(H,19,20)(H,21,22). The van der Waals surface area contributed by atoms with Crippen LogP contribution < -0.4 is 5.32 Å². The second kappa shape index (κ2) is 8.33. The predicted octanol–water partition coefficient (Wildman–Crippen LogP) is 3.26. The van der Waals surface area contributed by atoms with Gasteiger partial charge in [-0.2, -0.15) is 0 Å². The van der Waals surface area contributed by atoms with Crippen molar-refractivity contribution in [3.63, 3.8) is 0 Å². The van der Waals surface area contributed by atoms with Crippen LogP contribution in [-0.4, -0.2) is 36.7 Å². The minimum absolute atomic E-state index is 0.0644. The van der Waals surface area contributed by atoms with E-state index < -0.39 is 5.97 Å². The maximum atomic E-state index is 12.3. The smallest absolute Gasteiger partial charge is 0.339 e. The Labute approximate surface area is 142 Å². The number of carboxylic acids is 1. The van der Waals surface area contributed by atoms with Crippen LogP contribution in [0.5, 0.6) is 0 Å². The van der Waals surface area contributed by atoms with E-state index in [0.29, 0.717) is 31.9 Å². The number of rotatable bonds is 9. The van der Waals surface area contributed by atoms with Gasteiger partial charge >= 0.3 is 5.97 Å². The third kappa shape index (κ3) is 4.38. The molecule has 0 bridgehead atoms. The summed E-state index contributed by atoms with van der Waals surface area (Å²) >= 11 is 0. The van der Waals surface area contributed by atoms with E-state index in [-0.39, 0.29) is 22.6 Å². The second-order valence-corrected chi connectivity index (χ2v) is 6.44. The number of hydrogen-bond donors (Lipinski definition) is 2. The van der Waals surface area contributed by atoms with Crippen LogP contribution in [0, 0.1) is 5.41 Å². The number of carbonyl (C=O) groups is 2. The fraction of sp³-hybridized carbons (Fsp3) is 0.667. The lowest BCUT2D eigenvalue weighted by molar-refractivity contribution is 0.0694. The summed E-state index contributed by atoms with van der Waals surface area (Å²) < 4.78 is 10.9. The maximum absolute atomic E-state index is 12.3. The molecule has 0 aliphatic heterocycles. The molecule has 6 heteroatoms. The van der Waals surface area contributed by atoms with Gasteiger partial charge in [0.1, 0.15) is 11.3 Å². The van der Waals surface area contributed by atoms with Crippen molar-refractivity contribution in [1.82, 2.24) is 5.32 Å². The Morgan fingerprint density at radius 2 is 2.04 bits per heavy atom. The number of aryl methyl sites for hydroxylation is 1. The first kappa shape index (κ1) is 18.5. The van der Waals surface area contributed by atoms with Crippen molar-refractivity contribution in [3.8, 4) is 0 Å². The van der Waals surface area contributed by atoms with Crippen LogP contribution in [0.2, 0.25) is 0 Å². The van der Waals surface area contributed by atoms with Crippen molar-refractivity contribution in [2.24, 2.45) is 5.41 Å². The largest absolute Gasteiger partial charge is 0.478 e. The van der Waals surface area contributed by atoms with Crippen molar-refractivity contribution in [2.45, 2.75) is 52.4 Å². The number of nitrogens with one attached hydrogen (secondary N) is 1. The molecule has 1 aliphatic carbocycles. The number of furan rings is 1. The van der Waals surface area contributed by atoms with Crippen LogP contribution in [0.25, 0.3) is 0 Å². The fourth-order valence-corrected chi connectivity index (χ4v) is 3.41. The minimum Gasteiger partial charge on any atom is -0.478 e. The summed E-state index contributed by atoms with van der Waals surface area (Å²) in [5.74, 6) is -1.01.